The van der Waals surface area contributed by atoms with E-state index in [1.807, 2.05) is 25.1 Å². The molecule has 0 saturated carbocycles. The molecule has 4 aromatic heterocycles. The molecule has 0 spiro atoms. The summed E-state index contributed by atoms with van der Waals surface area (Å²) in [6, 6.07) is 16.8. The molecule has 1 aromatic carbocycles. The van der Waals surface area contributed by atoms with Crippen LogP contribution >= 0.6 is 0 Å². The second-order valence-electron chi connectivity index (χ2n) is 7.77. The molecule has 6 nitrogen and oxygen atoms in total. The van der Waals surface area contributed by atoms with Crippen molar-refractivity contribution in [2.24, 2.45) is 0 Å². The first-order valence-corrected chi connectivity index (χ1v) is 10.5. The van der Waals surface area contributed by atoms with Crippen LogP contribution in [-0.2, 0) is 6.18 Å². The zero-order valence-corrected chi connectivity index (χ0v) is 17.9. The summed E-state index contributed by atoms with van der Waals surface area (Å²) >= 11 is 0. The number of aromatic nitrogens is 5. The molecule has 170 valence electrons. The summed E-state index contributed by atoms with van der Waals surface area (Å²) in [5.74, 6) is 0. The molecule has 0 fully saturated rings. The molecule has 0 amide bonds. The Hall–Kier alpha value is -4.27. The third-order valence-electron chi connectivity index (χ3n) is 5.63. The number of hydrogen-bond acceptors (Lipinski definition) is 4. The first-order chi connectivity index (χ1) is 16.3. The highest BCUT2D eigenvalue weighted by Crippen LogP contribution is 2.33. The van der Waals surface area contributed by atoms with Crippen LogP contribution in [0.25, 0.3) is 28.0 Å². The van der Waals surface area contributed by atoms with E-state index in [1.54, 1.807) is 46.0 Å². The van der Waals surface area contributed by atoms with Gasteiger partial charge >= 0.3 is 6.18 Å². The van der Waals surface area contributed by atoms with Gasteiger partial charge in [0.15, 0.2) is 0 Å². The second kappa shape index (κ2) is 8.26. The fourth-order valence-electron chi connectivity index (χ4n) is 3.86. The molecule has 1 atom stereocenters. The van der Waals surface area contributed by atoms with Crippen LogP contribution in [0.1, 0.15) is 24.2 Å². The Morgan fingerprint density at radius 2 is 1.68 bits per heavy atom. The normalized spacial score (nSPS) is 12.7. The summed E-state index contributed by atoms with van der Waals surface area (Å²) in [5.41, 5.74) is 2.38. The van der Waals surface area contributed by atoms with Crippen LogP contribution in [-0.4, -0.2) is 24.3 Å². The highest BCUT2D eigenvalue weighted by atomic mass is 19.4. The minimum Gasteiger partial charge on any atom is -0.307 e. The van der Waals surface area contributed by atoms with Crippen molar-refractivity contribution in [3.8, 4) is 16.9 Å². The maximum Gasteiger partial charge on any atom is 0.416 e. The summed E-state index contributed by atoms with van der Waals surface area (Å²) in [7, 11) is 0. The summed E-state index contributed by atoms with van der Waals surface area (Å²) in [6.07, 6.45) is 0.526. The van der Waals surface area contributed by atoms with E-state index in [0.29, 0.717) is 28.0 Å². The first-order valence-electron chi connectivity index (χ1n) is 10.5. The van der Waals surface area contributed by atoms with Crippen LogP contribution in [0.4, 0.5) is 13.2 Å². The maximum absolute atomic E-state index is 13.0. The summed E-state index contributed by atoms with van der Waals surface area (Å²) in [5, 5.41) is 4.61. The average molecular weight is 461 g/mol. The van der Waals surface area contributed by atoms with Gasteiger partial charge in [0.2, 0.25) is 0 Å². The van der Waals surface area contributed by atoms with Crippen molar-refractivity contribution in [1.82, 2.24) is 24.3 Å². The van der Waals surface area contributed by atoms with Crippen molar-refractivity contribution < 1.29 is 13.2 Å². The molecular formula is C25H18F3N5O. The van der Waals surface area contributed by atoms with Crippen LogP contribution in [0.2, 0.25) is 0 Å². The molecule has 0 aliphatic carbocycles. The van der Waals surface area contributed by atoms with Gasteiger partial charge in [-0.15, -0.1) is 0 Å². The van der Waals surface area contributed by atoms with Crippen molar-refractivity contribution >= 4 is 11.0 Å². The van der Waals surface area contributed by atoms with Gasteiger partial charge in [-0.25, -0.2) is 4.68 Å². The number of alkyl halides is 3. The van der Waals surface area contributed by atoms with Gasteiger partial charge in [0.1, 0.15) is 11.2 Å². The van der Waals surface area contributed by atoms with Gasteiger partial charge in [0.05, 0.1) is 28.5 Å². The Balaban J connectivity index is 1.58. The van der Waals surface area contributed by atoms with Gasteiger partial charge in [-0.1, -0.05) is 18.2 Å². The fourth-order valence-corrected chi connectivity index (χ4v) is 3.86. The predicted octanol–water partition coefficient (Wildman–Crippen LogP) is 5.27. The molecule has 0 N–H and O–H groups in total. The fraction of sp³-hybridized carbons (Fsp3) is 0.120. The summed E-state index contributed by atoms with van der Waals surface area (Å²) < 4.78 is 42.1. The minimum atomic E-state index is -4.42. The quantitative estimate of drug-likeness (QED) is 0.366. The second-order valence-corrected chi connectivity index (χ2v) is 7.77. The van der Waals surface area contributed by atoms with Crippen LogP contribution in [0.5, 0.6) is 0 Å². The lowest BCUT2D eigenvalue weighted by atomic mass is 10.1. The van der Waals surface area contributed by atoms with E-state index >= 15 is 0 Å². The summed E-state index contributed by atoms with van der Waals surface area (Å²) in [4.78, 5) is 21.6. The van der Waals surface area contributed by atoms with Gasteiger partial charge < -0.3 is 4.57 Å². The molecular weight excluding hydrogens is 443 g/mol. The Morgan fingerprint density at radius 1 is 0.912 bits per heavy atom. The number of nitrogens with zero attached hydrogens (tertiary/aromatic N) is 5. The SMILES string of the molecule is C[C@@H](c1ccccn1)n1ccc(-n2nc(-c3ccc(C(F)(F)F)cc3)c3ncccc32)cc1=O. The molecule has 0 unspecified atom stereocenters. The third-order valence-corrected chi connectivity index (χ3v) is 5.63. The van der Waals surface area contributed by atoms with E-state index in [1.165, 1.54) is 18.2 Å². The zero-order chi connectivity index (χ0) is 23.9. The van der Waals surface area contributed by atoms with Gasteiger partial charge in [0.25, 0.3) is 5.56 Å². The molecule has 34 heavy (non-hydrogen) atoms. The van der Waals surface area contributed by atoms with Crippen molar-refractivity contribution in [1.29, 1.82) is 0 Å². The van der Waals surface area contributed by atoms with Gasteiger partial charge in [-0.3, -0.25) is 14.8 Å². The van der Waals surface area contributed by atoms with E-state index in [2.05, 4.69) is 15.1 Å². The topological polar surface area (TPSA) is 65.6 Å². The van der Waals surface area contributed by atoms with E-state index in [4.69, 9.17) is 0 Å². The lowest BCUT2D eigenvalue weighted by molar-refractivity contribution is -0.137. The maximum atomic E-state index is 13.0. The van der Waals surface area contributed by atoms with E-state index in [-0.39, 0.29) is 11.6 Å². The predicted molar refractivity (Wildman–Crippen MR) is 122 cm³/mol. The Labute approximate surface area is 192 Å². The van der Waals surface area contributed by atoms with Crippen molar-refractivity contribution in [3.63, 3.8) is 0 Å². The molecule has 0 aliphatic heterocycles. The third kappa shape index (κ3) is 3.85. The average Bonchev–Trinajstić information content (AvgIpc) is 3.23. The van der Waals surface area contributed by atoms with E-state index in [9.17, 15) is 18.0 Å². The van der Waals surface area contributed by atoms with Crippen LogP contribution in [0.3, 0.4) is 0 Å². The van der Waals surface area contributed by atoms with Gasteiger partial charge in [-0.05, 0) is 49.4 Å². The molecule has 0 saturated heterocycles. The number of hydrogen-bond donors (Lipinski definition) is 0. The van der Waals surface area contributed by atoms with Crippen LogP contribution < -0.4 is 5.56 Å². The van der Waals surface area contributed by atoms with Crippen molar-refractivity contribution in [2.75, 3.05) is 0 Å². The number of rotatable bonds is 4. The molecule has 5 rings (SSSR count). The Kier molecular flexibility index (Phi) is 5.24. The van der Waals surface area contributed by atoms with Crippen LogP contribution in [0, 0.1) is 0 Å². The minimum absolute atomic E-state index is 0.237. The molecule has 4 heterocycles. The molecule has 5 aromatic rings. The highest BCUT2D eigenvalue weighted by molar-refractivity contribution is 5.90. The largest absolute Gasteiger partial charge is 0.416 e. The first kappa shape index (κ1) is 21.6. The highest BCUT2D eigenvalue weighted by Gasteiger charge is 2.30. The van der Waals surface area contributed by atoms with Crippen LogP contribution in [0.15, 0.2) is 90.1 Å². The lowest BCUT2D eigenvalue weighted by Crippen LogP contribution is -2.24. The van der Waals surface area contributed by atoms with Gasteiger partial charge in [-0.2, -0.15) is 18.3 Å². The Bertz CT molecular complexity index is 1520. The van der Waals surface area contributed by atoms with Crippen molar-refractivity contribution in [2.45, 2.75) is 19.1 Å². The molecule has 0 aliphatic rings. The van der Waals surface area contributed by atoms with Gasteiger partial charge in [0, 0.05) is 30.2 Å². The lowest BCUT2D eigenvalue weighted by Gasteiger charge is -2.15. The standard InChI is InChI=1S/C25H18F3N5O/c1-16(20-5-2-3-12-29-20)32-14-11-19(15-22(32)34)33-21-6-4-13-30-24(21)23(31-33)17-7-9-18(10-8-17)25(26,27)28/h2-16H,1H3/t16-/m0/s1. The smallest absolute Gasteiger partial charge is 0.307 e. The number of halogens is 3. The van der Waals surface area contributed by atoms with E-state index in [0.717, 1.165) is 17.8 Å². The molecule has 0 radical (unpaired) electrons. The Morgan fingerprint density at radius 3 is 2.35 bits per heavy atom. The van der Waals surface area contributed by atoms with E-state index < -0.39 is 11.7 Å². The number of benzene rings is 1. The molecule has 0 bridgehead atoms. The van der Waals surface area contributed by atoms with Crippen molar-refractivity contribution in [3.05, 3.63) is 107 Å². The monoisotopic (exact) mass is 461 g/mol. The number of pyridine rings is 3. The number of fused-ring (bicyclic) bond motifs is 1. The summed E-state index contributed by atoms with van der Waals surface area (Å²) in [6.45, 7) is 1.89. The molecule has 9 heteroatoms. The zero-order valence-electron chi connectivity index (χ0n) is 17.9.